The molecule has 0 fully saturated rings. The van der Waals surface area contributed by atoms with Crippen molar-refractivity contribution in [3.05, 3.63) is 53.1 Å². The first-order valence-electron chi connectivity index (χ1n) is 7.41. The monoisotopic (exact) mass is 334 g/mol. The van der Waals surface area contributed by atoms with E-state index in [1.807, 2.05) is 13.8 Å². The van der Waals surface area contributed by atoms with Crippen LogP contribution in [0.2, 0.25) is 5.02 Å². The molecule has 5 nitrogen and oxygen atoms in total. The molecule has 0 radical (unpaired) electrons. The molecule has 0 spiro atoms. The first-order chi connectivity index (χ1) is 11.1. The number of benzene rings is 1. The van der Waals surface area contributed by atoms with Gasteiger partial charge in [-0.05, 0) is 25.5 Å². The molecule has 0 saturated heterocycles. The van der Waals surface area contributed by atoms with Crippen LogP contribution in [0, 0.1) is 5.82 Å². The van der Waals surface area contributed by atoms with E-state index in [1.54, 1.807) is 29.1 Å². The maximum atomic E-state index is 14.2. The van der Waals surface area contributed by atoms with E-state index in [2.05, 4.69) is 15.1 Å². The van der Waals surface area contributed by atoms with Crippen molar-refractivity contribution < 1.29 is 8.91 Å². The van der Waals surface area contributed by atoms with E-state index < -0.39 is 5.82 Å². The number of hydrogen-bond acceptors (Lipinski definition) is 4. The van der Waals surface area contributed by atoms with Crippen LogP contribution >= 0.6 is 11.6 Å². The topological polar surface area (TPSA) is 56.7 Å². The zero-order chi connectivity index (χ0) is 16.4. The first-order valence-corrected chi connectivity index (χ1v) is 7.79. The van der Waals surface area contributed by atoms with Gasteiger partial charge in [-0.15, -0.1) is 0 Å². The van der Waals surface area contributed by atoms with Crippen LogP contribution in [0.5, 0.6) is 0 Å². The summed E-state index contributed by atoms with van der Waals surface area (Å²) >= 11 is 6.14. The van der Waals surface area contributed by atoms with Gasteiger partial charge in [-0.1, -0.05) is 29.7 Å². The molecule has 0 aliphatic carbocycles. The van der Waals surface area contributed by atoms with E-state index in [9.17, 15) is 4.39 Å². The number of halogens is 2. The maximum Gasteiger partial charge on any atom is 0.249 e. The Morgan fingerprint density at radius 1 is 1.39 bits per heavy atom. The van der Waals surface area contributed by atoms with Gasteiger partial charge >= 0.3 is 0 Å². The van der Waals surface area contributed by atoms with E-state index in [0.29, 0.717) is 22.6 Å². The average Bonchev–Trinajstić information content (AvgIpc) is 3.16. The van der Waals surface area contributed by atoms with Crippen LogP contribution in [-0.2, 0) is 6.42 Å². The van der Waals surface area contributed by atoms with Gasteiger partial charge in [0.15, 0.2) is 5.82 Å². The second kappa shape index (κ2) is 6.50. The van der Waals surface area contributed by atoms with Crippen LogP contribution in [0.1, 0.15) is 38.0 Å². The molecule has 0 aliphatic rings. The summed E-state index contributed by atoms with van der Waals surface area (Å²) < 4.78 is 21.3. The minimum absolute atomic E-state index is 0.263. The maximum absolute atomic E-state index is 14.2. The Balaban J connectivity index is 2.00. The Hall–Kier alpha value is -2.21. The van der Waals surface area contributed by atoms with Crippen molar-refractivity contribution in [1.29, 1.82) is 0 Å². The SMILES string of the molecule is CCCc1noc(C(C)n2ccnc2-c2c(F)cccc2Cl)n1. The third kappa shape index (κ3) is 2.99. The predicted octanol–water partition coefficient (Wildman–Crippen LogP) is 4.29. The quantitative estimate of drug-likeness (QED) is 0.698. The van der Waals surface area contributed by atoms with Gasteiger partial charge < -0.3 is 9.09 Å². The van der Waals surface area contributed by atoms with Crippen LogP contribution < -0.4 is 0 Å². The Bertz CT molecular complexity index is 794. The van der Waals surface area contributed by atoms with Crippen molar-refractivity contribution in [3.8, 4) is 11.4 Å². The zero-order valence-corrected chi connectivity index (χ0v) is 13.6. The van der Waals surface area contributed by atoms with Crippen molar-refractivity contribution in [2.24, 2.45) is 0 Å². The molecule has 0 bridgehead atoms. The van der Waals surface area contributed by atoms with Gasteiger partial charge in [-0.25, -0.2) is 9.37 Å². The van der Waals surface area contributed by atoms with Gasteiger partial charge in [0.1, 0.15) is 17.7 Å². The highest BCUT2D eigenvalue weighted by Gasteiger charge is 2.22. The molecule has 1 aromatic carbocycles. The van der Waals surface area contributed by atoms with Gasteiger partial charge in [0.25, 0.3) is 0 Å². The number of aryl methyl sites for hydroxylation is 1. The fourth-order valence-electron chi connectivity index (χ4n) is 2.41. The van der Waals surface area contributed by atoms with E-state index in [-0.39, 0.29) is 11.6 Å². The molecular formula is C16H16ClFN4O. The Labute approximate surface area is 138 Å². The normalized spacial score (nSPS) is 12.5. The standard InChI is InChI=1S/C16H16ClFN4O/c1-3-5-13-20-16(23-21-13)10(2)22-9-8-19-15(22)14-11(17)6-4-7-12(14)18/h4,6-10H,3,5H2,1-2H3. The molecule has 1 unspecified atom stereocenters. The molecule has 120 valence electrons. The molecule has 1 atom stereocenters. The minimum atomic E-state index is -0.422. The molecule has 0 saturated carbocycles. The second-order valence-corrected chi connectivity index (χ2v) is 5.64. The molecule has 7 heteroatoms. The summed E-state index contributed by atoms with van der Waals surface area (Å²) in [6.45, 7) is 3.94. The van der Waals surface area contributed by atoms with Crippen molar-refractivity contribution in [1.82, 2.24) is 19.7 Å². The molecular weight excluding hydrogens is 319 g/mol. The van der Waals surface area contributed by atoms with Crippen molar-refractivity contribution in [2.45, 2.75) is 32.7 Å². The first kappa shape index (κ1) is 15.7. The lowest BCUT2D eigenvalue weighted by molar-refractivity contribution is 0.342. The summed E-state index contributed by atoms with van der Waals surface area (Å²) in [5, 5.41) is 4.26. The fraction of sp³-hybridized carbons (Fsp3) is 0.312. The zero-order valence-electron chi connectivity index (χ0n) is 12.8. The number of rotatable bonds is 5. The lowest BCUT2D eigenvalue weighted by Crippen LogP contribution is -2.09. The van der Waals surface area contributed by atoms with E-state index in [1.165, 1.54) is 6.07 Å². The summed E-state index contributed by atoms with van der Waals surface area (Å²) in [4.78, 5) is 8.63. The molecule has 2 aromatic heterocycles. The van der Waals surface area contributed by atoms with E-state index in [0.717, 1.165) is 12.8 Å². The molecule has 0 N–H and O–H groups in total. The average molecular weight is 335 g/mol. The molecule has 0 aliphatic heterocycles. The summed E-state index contributed by atoms with van der Waals surface area (Å²) in [7, 11) is 0. The summed E-state index contributed by atoms with van der Waals surface area (Å²) in [5.41, 5.74) is 0.263. The van der Waals surface area contributed by atoms with Gasteiger partial charge in [0, 0.05) is 18.8 Å². The molecule has 2 heterocycles. The molecule has 3 rings (SSSR count). The van der Waals surface area contributed by atoms with Crippen molar-refractivity contribution in [2.75, 3.05) is 0 Å². The predicted molar refractivity (Wildman–Crippen MR) is 84.7 cm³/mol. The number of nitrogens with zero attached hydrogens (tertiary/aromatic N) is 4. The third-order valence-corrected chi connectivity index (χ3v) is 3.90. The van der Waals surface area contributed by atoms with Crippen molar-refractivity contribution >= 4 is 11.6 Å². The van der Waals surface area contributed by atoms with Crippen LogP contribution in [0.4, 0.5) is 4.39 Å². The highest BCUT2D eigenvalue weighted by atomic mass is 35.5. The molecule has 0 amide bonds. The van der Waals surface area contributed by atoms with E-state index in [4.69, 9.17) is 16.1 Å². The third-order valence-electron chi connectivity index (χ3n) is 3.59. The lowest BCUT2D eigenvalue weighted by Gasteiger charge is -2.14. The second-order valence-electron chi connectivity index (χ2n) is 5.23. The van der Waals surface area contributed by atoms with Gasteiger partial charge in [0.2, 0.25) is 5.89 Å². The summed E-state index contributed by atoms with van der Waals surface area (Å²) in [6.07, 6.45) is 5.03. The molecule has 23 heavy (non-hydrogen) atoms. The smallest absolute Gasteiger partial charge is 0.249 e. The summed E-state index contributed by atoms with van der Waals surface area (Å²) in [6, 6.07) is 4.28. The largest absolute Gasteiger partial charge is 0.337 e. The van der Waals surface area contributed by atoms with Crippen molar-refractivity contribution in [3.63, 3.8) is 0 Å². The number of aromatic nitrogens is 4. The Kier molecular flexibility index (Phi) is 4.43. The Morgan fingerprint density at radius 2 is 2.22 bits per heavy atom. The van der Waals surface area contributed by atoms with E-state index >= 15 is 0 Å². The fourth-order valence-corrected chi connectivity index (χ4v) is 2.66. The number of imidazole rings is 1. The van der Waals surface area contributed by atoms with Gasteiger partial charge in [0.05, 0.1) is 10.6 Å². The summed E-state index contributed by atoms with van der Waals surface area (Å²) in [5.74, 6) is 1.13. The molecule has 3 aromatic rings. The lowest BCUT2D eigenvalue weighted by atomic mass is 10.2. The highest BCUT2D eigenvalue weighted by Crippen LogP contribution is 2.32. The van der Waals surface area contributed by atoms with Crippen LogP contribution in [0.3, 0.4) is 0 Å². The van der Waals surface area contributed by atoms with Gasteiger partial charge in [-0.3, -0.25) is 0 Å². The minimum Gasteiger partial charge on any atom is -0.337 e. The van der Waals surface area contributed by atoms with Crippen LogP contribution in [0.15, 0.2) is 35.1 Å². The Morgan fingerprint density at radius 3 is 2.96 bits per heavy atom. The van der Waals surface area contributed by atoms with Crippen LogP contribution in [0.25, 0.3) is 11.4 Å². The van der Waals surface area contributed by atoms with Crippen LogP contribution in [-0.4, -0.2) is 19.7 Å². The highest BCUT2D eigenvalue weighted by molar-refractivity contribution is 6.33. The van der Waals surface area contributed by atoms with Gasteiger partial charge in [-0.2, -0.15) is 4.98 Å². The number of hydrogen-bond donors (Lipinski definition) is 0.